The highest BCUT2D eigenvalue weighted by molar-refractivity contribution is 14.1. The normalized spacial score (nSPS) is 30.4. The van der Waals surface area contributed by atoms with Crippen molar-refractivity contribution < 1.29 is 0 Å². The van der Waals surface area contributed by atoms with E-state index < -0.39 is 0 Å². The van der Waals surface area contributed by atoms with Crippen LogP contribution in [0.2, 0.25) is 0 Å². The predicted molar refractivity (Wildman–Crippen MR) is 40.5 cm³/mol. The van der Waals surface area contributed by atoms with Crippen LogP contribution in [0.15, 0.2) is 9.15 Å². The number of hydrogen-bond acceptors (Lipinski definition) is 0. The van der Waals surface area contributed by atoms with Gasteiger partial charge in [-0.1, -0.05) is 12.5 Å². The molecule has 0 aromatic carbocycles. The highest BCUT2D eigenvalue weighted by atomic mass is 127. The monoisotopic (exact) mass is 208 g/mol. The molecule has 7 heavy (non-hydrogen) atoms. The van der Waals surface area contributed by atoms with Crippen molar-refractivity contribution in [2.24, 2.45) is 5.92 Å². The van der Waals surface area contributed by atoms with Crippen LogP contribution in [-0.4, -0.2) is 0 Å². The zero-order chi connectivity index (χ0) is 5.44. The molecule has 0 N–H and O–H groups in total. The van der Waals surface area contributed by atoms with Crippen LogP contribution >= 0.6 is 22.6 Å². The Bertz CT molecular complexity index is 113. The van der Waals surface area contributed by atoms with Crippen molar-refractivity contribution in [2.45, 2.75) is 20.3 Å². The molecular weight excluding hydrogens is 199 g/mol. The second kappa shape index (κ2) is 1.77. The molecular formula is C6H9I. The van der Waals surface area contributed by atoms with Gasteiger partial charge in [0.15, 0.2) is 0 Å². The average molecular weight is 208 g/mol. The van der Waals surface area contributed by atoms with Crippen molar-refractivity contribution in [3.63, 3.8) is 0 Å². The van der Waals surface area contributed by atoms with Crippen molar-refractivity contribution in [3.8, 4) is 0 Å². The largest absolute Gasteiger partial charge is 0.0609 e. The lowest BCUT2D eigenvalue weighted by Gasteiger charge is -2.23. The highest BCUT2D eigenvalue weighted by Gasteiger charge is 2.18. The lowest BCUT2D eigenvalue weighted by molar-refractivity contribution is 0.619. The van der Waals surface area contributed by atoms with Crippen molar-refractivity contribution in [2.75, 3.05) is 0 Å². The van der Waals surface area contributed by atoms with Crippen LogP contribution in [0.1, 0.15) is 20.3 Å². The molecule has 0 radical (unpaired) electrons. The summed E-state index contributed by atoms with van der Waals surface area (Å²) in [6.45, 7) is 4.49. The molecule has 1 rings (SSSR count). The molecule has 40 valence electrons. The summed E-state index contributed by atoms with van der Waals surface area (Å²) in [7, 11) is 0. The maximum atomic E-state index is 2.41. The predicted octanol–water partition coefficient (Wildman–Crippen LogP) is 2.74. The molecule has 0 saturated carbocycles. The maximum Gasteiger partial charge on any atom is -0.00961 e. The van der Waals surface area contributed by atoms with Gasteiger partial charge in [-0.05, 0) is 45.4 Å². The Balaban J connectivity index is 2.65. The van der Waals surface area contributed by atoms with Gasteiger partial charge in [0.1, 0.15) is 0 Å². The quantitative estimate of drug-likeness (QED) is 0.537. The fourth-order valence-corrected chi connectivity index (χ4v) is 1.91. The summed E-state index contributed by atoms with van der Waals surface area (Å²) in [4.78, 5) is 0. The molecule has 0 aromatic rings. The third kappa shape index (κ3) is 0.831. The molecule has 1 heteroatoms. The summed E-state index contributed by atoms with van der Waals surface area (Å²) in [6, 6.07) is 0. The summed E-state index contributed by atoms with van der Waals surface area (Å²) in [5.41, 5.74) is 1.60. The van der Waals surface area contributed by atoms with Crippen LogP contribution in [0.4, 0.5) is 0 Å². The standard InChI is InChI=1S/C6H9I/c1-4-3-6(7)5(4)2/h4H,3H2,1-2H3. The minimum atomic E-state index is 0.881. The Labute approximate surface area is 58.1 Å². The molecule has 1 aliphatic carbocycles. The van der Waals surface area contributed by atoms with Crippen LogP contribution in [0, 0.1) is 5.92 Å². The first-order chi connectivity index (χ1) is 3.22. The van der Waals surface area contributed by atoms with Gasteiger partial charge >= 0.3 is 0 Å². The molecule has 0 nitrogen and oxygen atoms in total. The van der Waals surface area contributed by atoms with E-state index in [1.807, 2.05) is 0 Å². The average Bonchev–Trinajstić information content (AvgIpc) is 1.68. The van der Waals surface area contributed by atoms with Gasteiger partial charge in [-0.25, -0.2) is 0 Å². The fourth-order valence-electron chi connectivity index (χ4n) is 0.719. The Kier molecular flexibility index (Phi) is 1.41. The summed E-state index contributed by atoms with van der Waals surface area (Å²) < 4.78 is 1.57. The van der Waals surface area contributed by atoms with E-state index in [2.05, 4.69) is 36.4 Å². The summed E-state index contributed by atoms with van der Waals surface area (Å²) >= 11 is 2.41. The van der Waals surface area contributed by atoms with Gasteiger partial charge < -0.3 is 0 Å². The van der Waals surface area contributed by atoms with Gasteiger partial charge in [-0.15, -0.1) is 0 Å². The first-order valence-electron chi connectivity index (χ1n) is 2.57. The molecule has 1 atom stereocenters. The van der Waals surface area contributed by atoms with Crippen LogP contribution in [0.25, 0.3) is 0 Å². The highest BCUT2D eigenvalue weighted by Crippen LogP contribution is 2.37. The van der Waals surface area contributed by atoms with Gasteiger partial charge in [0.05, 0.1) is 0 Å². The molecule has 0 spiro atoms. The van der Waals surface area contributed by atoms with Crippen molar-refractivity contribution >= 4 is 22.6 Å². The van der Waals surface area contributed by atoms with E-state index in [1.54, 1.807) is 9.15 Å². The molecule has 0 aliphatic heterocycles. The minimum Gasteiger partial charge on any atom is -0.0609 e. The number of halogens is 1. The van der Waals surface area contributed by atoms with Gasteiger partial charge in [-0.3, -0.25) is 0 Å². The van der Waals surface area contributed by atoms with E-state index in [1.165, 1.54) is 6.42 Å². The smallest absolute Gasteiger partial charge is 0.00961 e. The fraction of sp³-hybridized carbons (Fsp3) is 0.667. The first kappa shape index (κ1) is 5.60. The van der Waals surface area contributed by atoms with Crippen molar-refractivity contribution in [1.82, 2.24) is 0 Å². The second-order valence-electron chi connectivity index (χ2n) is 2.19. The number of hydrogen-bond donors (Lipinski definition) is 0. The molecule has 0 amide bonds. The van der Waals surface area contributed by atoms with Crippen LogP contribution in [0.3, 0.4) is 0 Å². The van der Waals surface area contributed by atoms with E-state index in [0.29, 0.717) is 0 Å². The van der Waals surface area contributed by atoms with Crippen LogP contribution in [0.5, 0.6) is 0 Å². The molecule has 1 aliphatic rings. The zero-order valence-electron chi connectivity index (χ0n) is 4.66. The Hall–Kier alpha value is 0.470. The molecule has 0 heterocycles. The third-order valence-corrected chi connectivity index (χ3v) is 2.94. The van der Waals surface area contributed by atoms with Gasteiger partial charge in [0, 0.05) is 0 Å². The van der Waals surface area contributed by atoms with E-state index in [9.17, 15) is 0 Å². The lowest BCUT2D eigenvalue weighted by atomic mass is 9.88. The minimum absolute atomic E-state index is 0.881. The first-order valence-corrected chi connectivity index (χ1v) is 3.65. The van der Waals surface area contributed by atoms with Crippen LogP contribution in [-0.2, 0) is 0 Å². The van der Waals surface area contributed by atoms with Crippen molar-refractivity contribution in [1.29, 1.82) is 0 Å². The molecule has 1 unspecified atom stereocenters. The summed E-state index contributed by atoms with van der Waals surface area (Å²) in [5.74, 6) is 0.881. The second-order valence-corrected chi connectivity index (χ2v) is 3.50. The summed E-state index contributed by atoms with van der Waals surface area (Å²) in [5, 5.41) is 0. The van der Waals surface area contributed by atoms with E-state index in [0.717, 1.165) is 5.92 Å². The maximum absolute atomic E-state index is 2.41. The van der Waals surface area contributed by atoms with Crippen LogP contribution < -0.4 is 0 Å². The molecule has 0 saturated heterocycles. The van der Waals surface area contributed by atoms with Gasteiger partial charge in [0.2, 0.25) is 0 Å². The van der Waals surface area contributed by atoms with Gasteiger partial charge in [0.25, 0.3) is 0 Å². The lowest BCUT2D eigenvalue weighted by Crippen LogP contribution is -2.08. The topological polar surface area (TPSA) is 0 Å². The molecule has 0 bridgehead atoms. The molecule has 0 fully saturated rings. The Morgan fingerprint density at radius 2 is 2.29 bits per heavy atom. The van der Waals surface area contributed by atoms with Crippen molar-refractivity contribution in [3.05, 3.63) is 9.15 Å². The number of rotatable bonds is 0. The third-order valence-electron chi connectivity index (χ3n) is 1.65. The van der Waals surface area contributed by atoms with E-state index >= 15 is 0 Å². The Morgan fingerprint density at radius 3 is 2.29 bits per heavy atom. The van der Waals surface area contributed by atoms with E-state index in [-0.39, 0.29) is 0 Å². The number of allylic oxidation sites excluding steroid dienone is 2. The molecule has 0 aromatic heterocycles. The summed E-state index contributed by atoms with van der Waals surface area (Å²) in [6.07, 6.45) is 1.33. The Morgan fingerprint density at radius 1 is 1.71 bits per heavy atom. The van der Waals surface area contributed by atoms with E-state index in [4.69, 9.17) is 0 Å². The SMILES string of the molecule is CC1=C(I)CC1C. The zero-order valence-corrected chi connectivity index (χ0v) is 6.82. The van der Waals surface area contributed by atoms with Gasteiger partial charge in [-0.2, -0.15) is 0 Å².